The number of aryl methyl sites for hydroxylation is 1. The maximum Gasteiger partial charge on any atom is 0.216 e. The maximum atomic E-state index is 8.58. The zero-order valence-electron chi connectivity index (χ0n) is 26.0. The van der Waals surface area contributed by atoms with E-state index < -0.39 is 18.1 Å². The number of rotatable bonds is 3. The lowest BCUT2D eigenvalue weighted by Gasteiger charge is -2.19. The van der Waals surface area contributed by atoms with Gasteiger partial charge in [-0.2, -0.15) is 4.57 Å². The van der Waals surface area contributed by atoms with Crippen molar-refractivity contribution in [3.8, 4) is 22.4 Å². The summed E-state index contributed by atoms with van der Waals surface area (Å²) in [6, 6.07) is 9.64. The average Bonchev–Trinajstić information content (AvgIpc) is 3.28. The van der Waals surface area contributed by atoms with Crippen LogP contribution in [0, 0.1) is 25.8 Å². The second-order valence-corrected chi connectivity index (χ2v) is 10.3. The fraction of sp³-hybridized carbons (Fsp3) is 0.250. The van der Waals surface area contributed by atoms with E-state index in [0.717, 1.165) is 34.3 Å². The predicted octanol–water partition coefficient (Wildman–Crippen LogP) is 8.50. The van der Waals surface area contributed by atoms with Crippen LogP contribution in [0.5, 0.6) is 0 Å². The van der Waals surface area contributed by atoms with Crippen LogP contribution >= 0.6 is 0 Å². The molecule has 174 valence electrons. The van der Waals surface area contributed by atoms with Crippen molar-refractivity contribution in [3.63, 3.8) is 0 Å². The largest absolute Gasteiger partial charge is 0.456 e. The first-order valence-corrected chi connectivity index (χ1v) is 11.7. The molecule has 0 saturated carbocycles. The summed E-state index contributed by atoms with van der Waals surface area (Å²) in [5, 5.41) is 1.55. The molecule has 5 rings (SSSR count). The third-order valence-corrected chi connectivity index (χ3v) is 6.61. The Hall–Kier alpha value is -3.90. The van der Waals surface area contributed by atoms with Crippen LogP contribution in [0.3, 0.4) is 0 Å². The highest BCUT2D eigenvalue weighted by molar-refractivity contribution is 6.15. The van der Waals surface area contributed by atoms with Gasteiger partial charge in [-0.3, -0.25) is 0 Å². The fourth-order valence-electron chi connectivity index (χ4n) is 4.84. The van der Waals surface area contributed by atoms with Gasteiger partial charge in [0.25, 0.3) is 0 Å². The van der Waals surface area contributed by atoms with Gasteiger partial charge in [0, 0.05) is 34.9 Å². The Morgan fingerprint density at radius 3 is 2.23 bits per heavy atom. The van der Waals surface area contributed by atoms with Gasteiger partial charge in [0.2, 0.25) is 5.69 Å². The average molecular weight is 465 g/mol. The van der Waals surface area contributed by atoms with Crippen molar-refractivity contribution < 1.29 is 15.8 Å². The van der Waals surface area contributed by atoms with Gasteiger partial charge in [-0.1, -0.05) is 75.2 Å². The Balaban J connectivity index is 1.87. The molecule has 2 heterocycles. The number of aromatic nitrogens is 1. The van der Waals surface area contributed by atoms with Crippen molar-refractivity contribution in [1.82, 2.24) is 0 Å². The molecule has 35 heavy (non-hydrogen) atoms. The van der Waals surface area contributed by atoms with Gasteiger partial charge in [0.05, 0.1) is 19.0 Å². The first kappa shape index (κ1) is 17.5. The van der Waals surface area contributed by atoms with E-state index in [-0.39, 0.29) is 34.3 Å². The smallest absolute Gasteiger partial charge is 0.216 e. The molecule has 0 aliphatic rings. The van der Waals surface area contributed by atoms with E-state index in [1.54, 1.807) is 6.07 Å². The van der Waals surface area contributed by atoms with Crippen LogP contribution in [-0.4, -0.2) is 0 Å². The summed E-state index contributed by atoms with van der Waals surface area (Å²) >= 11 is 0. The van der Waals surface area contributed by atoms with E-state index in [2.05, 4.69) is 49.2 Å². The quantitative estimate of drug-likeness (QED) is 0.194. The molecule has 0 unspecified atom stereocenters. The van der Waals surface area contributed by atoms with Crippen LogP contribution in [0.1, 0.15) is 44.4 Å². The van der Waals surface area contributed by atoms with Crippen LogP contribution in [-0.2, 0) is 13.5 Å². The molecule has 0 atom stereocenters. The Morgan fingerprint density at radius 2 is 1.57 bits per heavy atom. The normalized spacial score (nSPS) is 13.8. The standard InChI is InChI=1S/C32H31N2O/c1-20-13-15-24-25-16-17-26(33-6)29(22-11-9-8-10-12-22)31(25)35-30(24)28(20)27-18-14-23(19-32(3,4)5)21(2)34(27)7/h8-18H,19H2,1-5,7H3/q+1/i8D,9D,10D,11D,12D. The third kappa shape index (κ3) is 3.90. The number of furan rings is 1. The van der Waals surface area contributed by atoms with Crippen molar-refractivity contribution in [2.45, 2.75) is 41.0 Å². The Labute approximate surface area is 214 Å². The molecule has 0 fully saturated rings. The molecular formula is C32H31N2O+. The molecule has 0 amide bonds. The van der Waals surface area contributed by atoms with Crippen molar-refractivity contribution in [3.05, 3.63) is 94.8 Å². The molecule has 0 spiro atoms. The second kappa shape index (κ2) is 8.40. The van der Waals surface area contributed by atoms with E-state index >= 15 is 0 Å². The van der Waals surface area contributed by atoms with Gasteiger partial charge >= 0.3 is 0 Å². The van der Waals surface area contributed by atoms with E-state index in [0.29, 0.717) is 16.6 Å². The first-order valence-electron chi connectivity index (χ1n) is 14.2. The van der Waals surface area contributed by atoms with E-state index in [1.807, 2.05) is 32.2 Å². The Morgan fingerprint density at radius 1 is 0.914 bits per heavy atom. The molecule has 0 aliphatic carbocycles. The number of hydrogen-bond donors (Lipinski definition) is 0. The molecule has 0 saturated heterocycles. The zero-order chi connectivity index (χ0) is 29.3. The number of pyridine rings is 1. The van der Waals surface area contributed by atoms with E-state index in [4.69, 9.17) is 17.8 Å². The fourth-order valence-corrected chi connectivity index (χ4v) is 4.84. The summed E-state index contributed by atoms with van der Waals surface area (Å²) in [7, 11) is 2.05. The molecule has 0 N–H and O–H groups in total. The van der Waals surface area contributed by atoms with Crippen LogP contribution in [0.15, 0.2) is 71.0 Å². The van der Waals surface area contributed by atoms with Crippen molar-refractivity contribution >= 4 is 27.6 Å². The van der Waals surface area contributed by atoms with E-state index in [1.165, 1.54) is 5.56 Å². The number of fused-ring (bicyclic) bond motifs is 3. The lowest BCUT2D eigenvalue weighted by molar-refractivity contribution is -0.667. The van der Waals surface area contributed by atoms with Gasteiger partial charge < -0.3 is 4.42 Å². The highest BCUT2D eigenvalue weighted by atomic mass is 16.3. The predicted molar refractivity (Wildman–Crippen MR) is 145 cm³/mol. The summed E-state index contributed by atoms with van der Waals surface area (Å²) in [6.07, 6.45) is 0.946. The lowest BCUT2D eigenvalue weighted by Crippen LogP contribution is -2.36. The molecule has 3 aromatic carbocycles. The van der Waals surface area contributed by atoms with Crippen molar-refractivity contribution in [2.24, 2.45) is 12.5 Å². The summed E-state index contributed by atoms with van der Waals surface area (Å²) in [5.41, 5.74) is 6.80. The highest BCUT2D eigenvalue weighted by Gasteiger charge is 2.25. The summed E-state index contributed by atoms with van der Waals surface area (Å²) in [4.78, 5) is 3.64. The van der Waals surface area contributed by atoms with Gasteiger partial charge in [-0.05, 0) is 36.0 Å². The first-order chi connectivity index (χ1) is 18.8. The molecule has 3 nitrogen and oxygen atoms in total. The topological polar surface area (TPSA) is 21.4 Å². The second-order valence-electron chi connectivity index (χ2n) is 10.3. The molecule has 0 bridgehead atoms. The SMILES string of the molecule is [2H]c1c([2H])c([2H])c(-c2c([N+]#[C-])ccc3c2oc2c(-c4ccc(CC(C)(C)C)c(C)[n+]4C)c(C)ccc23)c([2H])c1[2H]. The van der Waals surface area contributed by atoms with Gasteiger partial charge in [0.15, 0.2) is 11.4 Å². The molecule has 0 radical (unpaired) electrons. The van der Waals surface area contributed by atoms with Crippen molar-refractivity contribution in [1.29, 1.82) is 0 Å². The monoisotopic (exact) mass is 464 g/mol. The molecular weight excluding hydrogens is 428 g/mol. The van der Waals surface area contributed by atoms with Crippen LogP contribution in [0.4, 0.5) is 5.69 Å². The third-order valence-electron chi connectivity index (χ3n) is 6.61. The van der Waals surface area contributed by atoms with E-state index in [9.17, 15) is 0 Å². The molecule has 0 aliphatic heterocycles. The molecule has 5 aromatic rings. The minimum Gasteiger partial charge on any atom is -0.456 e. The summed E-state index contributed by atoms with van der Waals surface area (Å²) < 4.78 is 50.3. The van der Waals surface area contributed by atoms with Gasteiger partial charge in [-0.25, -0.2) is 4.85 Å². The molecule has 2 aromatic heterocycles. The van der Waals surface area contributed by atoms with Gasteiger partial charge in [-0.15, -0.1) is 0 Å². The summed E-state index contributed by atoms with van der Waals surface area (Å²) in [6.45, 7) is 18.6. The minimum atomic E-state index is -0.476. The lowest BCUT2D eigenvalue weighted by atomic mass is 9.87. The Bertz CT molecular complexity index is 1880. The number of benzene rings is 3. The minimum absolute atomic E-state index is 0.0344. The van der Waals surface area contributed by atoms with Crippen molar-refractivity contribution in [2.75, 3.05) is 0 Å². The number of nitrogens with zero attached hydrogens (tertiary/aromatic N) is 2. The zero-order valence-corrected chi connectivity index (χ0v) is 21.0. The molecule has 3 heteroatoms. The highest BCUT2D eigenvalue weighted by Crippen LogP contribution is 2.44. The number of hydrogen-bond acceptors (Lipinski definition) is 1. The van der Waals surface area contributed by atoms with Crippen LogP contribution < -0.4 is 4.57 Å². The van der Waals surface area contributed by atoms with Crippen LogP contribution in [0.2, 0.25) is 0 Å². The van der Waals surface area contributed by atoms with Gasteiger partial charge in [0.1, 0.15) is 18.2 Å². The summed E-state index contributed by atoms with van der Waals surface area (Å²) in [5.74, 6) is 0. The maximum absolute atomic E-state index is 8.58. The van der Waals surface area contributed by atoms with Crippen LogP contribution in [0.25, 0.3) is 49.2 Å². The Kier molecular flexibility index (Phi) is 4.20.